The maximum absolute atomic E-state index is 10.6. The first kappa shape index (κ1) is 11.5. The molecule has 0 spiro atoms. The Morgan fingerprint density at radius 1 is 1.41 bits per heavy atom. The van der Waals surface area contributed by atoms with Crippen LogP contribution in [0, 0.1) is 0 Å². The lowest BCUT2D eigenvalue weighted by molar-refractivity contribution is 0.0652. The first-order valence-electron chi connectivity index (χ1n) is 4.69. The van der Waals surface area contributed by atoms with Crippen LogP contribution < -0.4 is 0 Å². The van der Waals surface area contributed by atoms with Crippen LogP contribution in [0.4, 0.5) is 0 Å². The van der Waals surface area contributed by atoms with Crippen LogP contribution in [0.5, 0.6) is 5.75 Å². The van der Waals surface area contributed by atoms with E-state index in [0.717, 1.165) is 4.90 Å². The lowest BCUT2D eigenvalue weighted by Gasteiger charge is -2.02. The highest BCUT2D eigenvalue weighted by Crippen LogP contribution is 2.31. The van der Waals surface area contributed by atoms with Crippen molar-refractivity contribution in [2.24, 2.45) is 0 Å². The molecule has 1 aromatic heterocycles. The molecule has 0 unspecified atom stereocenters. The molecular weight excluding hydrogens is 242 g/mol. The van der Waals surface area contributed by atoms with Gasteiger partial charge in [-0.1, -0.05) is 11.2 Å². The lowest BCUT2D eigenvalue weighted by atomic mass is 10.1. The van der Waals surface area contributed by atoms with Crippen LogP contribution in [0.3, 0.4) is 0 Å². The minimum Gasteiger partial charge on any atom is -0.507 e. The lowest BCUT2D eigenvalue weighted by Crippen LogP contribution is -1.91. The van der Waals surface area contributed by atoms with Crippen LogP contribution in [0.2, 0.25) is 0 Å². The van der Waals surface area contributed by atoms with Gasteiger partial charge in [0.2, 0.25) is 5.76 Å². The molecule has 0 atom stereocenters. The van der Waals surface area contributed by atoms with Crippen LogP contribution in [0.1, 0.15) is 10.6 Å². The van der Waals surface area contributed by atoms with E-state index in [1.807, 2.05) is 6.26 Å². The van der Waals surface area contributed by atoms with Gasteiger partial charge in [-0.15, -0.1) is 11.8 Å². The molecule has 0 saturated carbocycles. The zero-order chi connectivity index (χ0) is 12.4. The molecule has 0 aliphatic carbocycles. The van der Waals surface area contributed by atoms with Crippen molar-refractivity contribution in [2.75, 3.05) is 6.26 Å². The van der Waals surface area contributed by atoms with Gasteiger partial charge in [-0.05, 0) is 18.4 Å². The van der Waals surface area contributed by atoms with Crippen molar-refractivity contribution >= 4 is 17.7 Å². The number of rotatable bonds is 3. The maximum Gasteiger partial charge on any atom is 0.374 e. The number of aromatic hydroxyl groups is 1. The molecule has 2 rings (SSSR count). The predicted octanol–water partition coefficient (Wildman–Crippen LogP) is 2.47. The third-order valence-corrected chi connectivity index (χ3v) is 2.98. The Balaban J connectivity index is 2.39. The topological polar surface area (TPSA) is 83.6 Å². The molecule has 0 bridgehead atoms. The zero-order valence-corrected chi connectivity index (χ0v) is 9.69. The SMILES string of the molecule is CSc1ccc(-c2cc(C(=O)O)on2)cc1O. The molecule has 5 nitrogen and oxygen atoms in total. The van der Waals surface area contributed by atoms with E-state index in [0.29, 0.717) is 11.3 Å². The number of carboxylic acid groups (broad SMARTS) is 1. The average molecular weight is 251 g/mol. The fraction of sp³-hybridized carbons (Fsp3) is 0.0909. The number of aromatic nitrogens is 1. The number of carboxylic acids is 1. The summed E-state index contributed by atoms with van der Waals surface area (Å²) in [5.41, 5.74) is 0.988. The third kappa shape index (κ3) is 2.26. The molecule has 0 aliphatic heterocycles. The summed E-state index contributed by atoms with van der Waals surface area (Å²) in [7, 11) is 0. The predicted molar refractivity (Wildman–Crippen MR) is 62.3 cm³/mol. The molecule has 1 aromatic carbocycles. The number of phenols is 1. The summed E-state index contributed by atoms with van der Waals surface area (Å²) in [6, 6.07) is 6.32. The van der Waals surface area contributed by atoms with Crippen molar-refractivity contribution in [3.8, 4) is 17.0 Å². The van der Waals surface area contributed by atoms with Crippen LogP contribution in [0.15, 0.2) is 33.7 Å². The van der Waals surface area contributed by atoms with Crippen molar-refractivity contribution < 1.29 is 19.5 Å². The molecule has 6 heteroatoms. The summed E-state index contributed by atoms with van der Waals surface area (Å²) in [5.74, 6) is -1.27. The second kappa shape index (κ2) is 4.50. The Bertz CT molecular complexity index is 564. The van der Waals surface area contributed by atoms with Gasteiger partial charge < -0.3 is 14.7 Å². The van der Waals surface area contributed by atoms with Gasteiger partial charge in [0.15, 0.2) is 0 Å². The number of carbonyl (C=O) groups is 1. The molecule has 0 aliphatic rings. The van der Waals surface area contributed by atoms with Crippen LogP contribution in [-0.2, 0) is 0 Å². The Labute approximate surface area is 101 Å². The zero-order valence-electron chi connectivity index (χ0n) is 8.88. The highest BCUT2D eigenvalue weighted by molar-refractivity contribution is 7.98. The summed E-state index contributed by atoms with van der Waals surface area (Å²) in [5, 5.41) is 22.0. The molecule has 0 amide bonds. The summed E-state index contributed by atoms with van der Waals surface area (Å²) in [6.07, 6.45) is 1.85. The quantitative estimate of drug-likeness (QED) is 0.815. The second-order valence-corrected chi connectivity index (χ2v) is 4.12. The Morgan fingerprint density at radius 3 is 2.71 bits per heavy atom. The van der Waals surface area contributed by atoms with E-state index in [1.165, 1.54) is 23.9 Å². The normalized spacial score (nSPS) is 10.4. The van der Waals surface area contributed by atoms with Crippen molar-refractivity contribution in [3.63, 3.8) is 0 Å². The number of hydrogen-bond donors (Lipinski definition) is 2. The van der Waals surface area contributed by atoms with Gasteiger partial charge in [0.25, 0.3) is 0 Å². The number of benzene rings is 1. The first-order valence-corrected chi connectivity index (χ1v) is 5.91. The number of hydrogen-bond acceptors (Lipinski definition) is 5. The number of nitrogens with zero attached hydrogens (tertiary/aromatic N) is 1. The average Bonchev–Trinajstić information content (AvgIpc) is 2.78. The molecule has 17 heavy (non-hydrogen) atoms. The first-order chi connectivity index (χ1) is 8.11. The van der Waals surface area contributed by atoms with Crippen molar-refractivity contribution in [3.05, 3.63) is 30.0 Å². The highest BCUT2D eigenvalue weighted by Gasteiger charge is 2.13. The van der Waals surface area contributed by atoms with Gasteiger partial charge in [0.05, 0.1) is 0 Å². The number of aromatic carboxylic acids is 1. The number of thioether (sulfide) groups is 1. The molecule has 2 aromatic rings. The second-order valence-electron chi connectivity index (χ2n) is 3.27. The summed E-state index contributed by atoms with van der Waals surface area (Å²) < 4.78 is 4.64. The van der Waals surface area contributed by atoms with Gasteiger partial charge in [0, 0.05) is 16.5 Å². The van der Waals surface area contributed by atoms with Crippen LogP contribution >= 0.6 is 11.8 Å². The third-order valence-electron chi connectivity index (χ3n) is 2.20. The monoisotopic (exact) mass is 251 g/mol. The molecule has 1 heterocycles. The fourth-order valence-electron chi connectivity index (χ4n) is 1.36. The van der Waals surface area contributed by atoms with Gasteiger partial charge >= 0.3 is 5.97 Å². The minimum atomic E-state index is -1.17. The van der Waals surface area contributed by atoms with E-state index in [1.54, 1.807) is 12.1 Å². The largest absolute Gasteiger partial charge is 0.507 e. The van der Waals surface area contributed by atoms with Crippen LogP contribution in [-0.4, -0.2) is 27.6 Å². The summed E-state index contributed by atoms with van der Waals surface area (Å²) in [6.45, 7) is 0. The van der Waals surface area contributed by atoms with E-state index in [2.05, 4.69) is 9.68 Å². The Hall–Kier alpha value is -1.95. The number of phenolic OH excluding ortho intramolecular Hbond substituents is 1. The minimum absolute atomic E-state index is 0.134. The van der Waals surface area contributed by atoms with E-state index < -0.39 is 5.97 Å². The molecule has 2 N–H and O–H groups in total. The molecule has 0 saturated heterocycles. The van der Waals surface area contributed by atoms with Gasteiger partial charge in [-0.3, -0.25) is 0 Å². The van der Waals surface area contributed by atoms with E-state index in [-0.39, 0.29) is 11.5 Å². The maximum atomic E-state index is 10.6. The molecule has 0 radical (unpaired) electrons. The summed E-state index contributed by atoms with van der Waals surface area (Å²) in [4.78, 5) is 11.4. The Kier molecular flexibility index (Phi) is 3.06. The van der Waals surface area contributed by atoms with E-state index in [4.69, 9.17) is 5.11 Å². The standard InChI is InChI=1S/C11H9NO4S/c1-17-10-3-2-6(4-8(10)13)7-5-9(11(14)15)16-12-7/h2-5,13H,1H3,(H,14,15). The molecule has 88 valence electrons. The molecule has 0 fully saturated rings. The summed E-state index contributed by atoms with van der Waals surface area (Å²) >= 11 is 1.42. The Morgan fingerprint density at radius 2 is 2.18 bits per heavy atom. The van der Waals surface area contributed by atoms with Crippen molar-refractivity contribution in [2.45, 2.75) is 4.90 Å². The van der Waals surface area contributed by atoms with Crippen molar-refractivity contribution in [1.82, 2.24) is 5.16 Å². The van der Waals surface area contributed by atoms with E-state index >= 15 is 0 Å². The van der Waals surface area contributed by atoms with Gasteiger partial charge in [-0.25, -0.2) is 4.79 Å². The highest BCUT2D eigenvalue weighted by atomic mass is 32.2. The van der Waals surface area contributed by atoms with Gasteiger partial charge in [0.1, 0.15) is 11.4 Å². The fourth-order valence-corrected chi connectivity index (χ4v) is 1.83. The van der Waals surface area contributed by atoms with Crippen LogP contribution in [0.25, 0.3) is 11.3 Å². The molecular formula is C11H9NO4S. The smallest absolute Gasteiger partial charge is 0.374 e. The van der Waals surface area contributed by atoms with Crippen molar-refractivity contribution in [1.29, 1.82) is 0 Å². The van der Waals surface area contributed by atoms with Gasteiger partial charge in [-0.2, -0.15) is 0 Å². The van der Waals surface area contributed by atoms with E-state index in [9.17, 15) is 9.90 Å².